The molecule has 0 aliphatic heterocycles. The number of allylic oxidation sites excluding steroid dienone is 5. The van der Waals surface area contributed by atoms with Crippen LogP contribution in [0.1, 0.15) is 10.4 Å². The van der Waals surface area contributed by atoms with Crippen molar-refractivity contribution in [1.29, 1.82) is 0 Å². The van der Waals surface area contributed by atoms with Crippen LogP contribution in [0.2, 0.25) is 0 Å². The molecule has 0 unspecified atom stereocenters. The second kappa shape index (κ2) is 4.01. The van der Waals surface area contributed by atoms with Crippen LogP contribution in [0.4, 0.5) is 0 Å². The van der Waals surface area contributed by atoms with E-state index in [1.54, 1.807) is 6.08 Å². The first kappa shape index (κ1) is 9.53. The standard InChI is InChI=1S/C14H11O/c1-11-6-5-9-13(10-11)14(15)12-7-3-2-4-8-12/h2-10H,1H2/q-1. The van der Waals surface area contributed by atoms with Crippen LogP contribution in [0.3, 0.4) is 0 Å². The van der Waals surface area contributed by atoms with Gasteiger partial charge in [-0.3, -0.25) is 4.79 Å². The molecule has 0 amide bonds. The molecule has 0 bridgehead atoms. The summed E-state index contributed by atoms with van der Waals surface area (Å²) in [6.45, 7) is 3.81. The van der Waals surface area contributed by atoms with E-state index in [-0.39, 0.29) is 5.78 Å². The Bertz CT molecular complexity index is 449. The average molecular weight is 195 g/mol. The number of ketones is 1. The number of hydrogen-bond donors (Lipinski definition) is 0. The molecule has 1 heteroatoms. The molecule has 1 aromatic rings. The van der Waals surface area contributed by atoms with Gasteiger partial charge in [0.25, 0.3) is 0 Å². The number of rotatable bonds is 2. The van der Waals surface area contributed by atoms with Crippen molar-refractivity contribution in [2.75, 3.05) is 0 Å². The molecule has 15 heavy (non-hydrogen) atoms. The van der Waals surface area contributed by atoms with Gasteiger partial charge in [-0.2, -0.15) is 12.2 Å². The maximum absolute atomic E-state index is 12.0. The quantitative estimate of drug-likeness (QED) is 0.523. The summed E-state index contributed by atoms with van der Waals surface area (Å²) < 4.78 is 0. The van der Waals surface area contributed by atoms with Crippen LogP contribution in [0.5, 0.6) is 0 Å². The third kappa shape index (κ3) is 2.08. The van der Waals surface area contributed by atoms with Crippen LogP contribution in [-0.4, -0.2) is 5.78 Å². The van der Waals surface area contributed by atoms with Gasteiger partial charge in [0, 0.05) is 5.56 Å². The molecular weight excluding hydrogens is 184 g/mol. The Morgan fingerprint density at radius 3 is 2.60 bits per heavy atom. The minimum atomic E-state index is 0.0427. The molecule has 1 aliphatic rings. The van der Waals surface area contributed by atoms with Crippen molar-refractivity contribution >= 4 is 5.78 Å². The molecule has 1 nitrogen and oxygen atoms in total. The maximum atomic E-state index is 12.0. The lowest BCUT2D eigenvalue weighted by Gasteiger charge is -2.14. The molecular formula is C14H11O-. The van der Waals surface area contributed by atoms with Gasteiger partial charge in [0.2, 0.25) is 0 Å². The van der Waals surface area contributed by atoms with Crippen LogP contribution in [0.25, 0.3) is 0 Å². The van der Waals surface area contributed by atoms with E-state index < -0.39 is 0 Å². The molecule has 0 radical (unpaired) electrons. The van der Waals surface area contributed by atoms with E-state index in [9.17, 15) is 4.79 Å². The molecule has 74 valence electrons. The highest BCUT2D eigenvalue weighted by Crippen LogP contribution is 2.17. The highest BCUT2D eigenvalue weighted by molar-refractivity contribution is 6.11. The Hall–Kier alpha value is -2.02. The Kier molecular flexibility index (Phi) is 2.55. The normalized spacial score (nSPS) is 14.4. The average Bonchev–Trinajstić information content (AvgIpc) is 2.29. The van der Waals surface area contributed by atoms with Crippen molar-refractivity contribution in [2.45, 2.75) is 0 Å². The Labute approximate surface area is 89.4 Å². The van der Waals surface area contributed by atoms with Crippen molar-refractivity contribution in [3.63, 3.8) is 0 Å². The fourth-order valence-electron chi connectivity index (χ4n) is 1.47. The second-order valence-corrected chi connectivity index (χ2v) is 3.40. The van der Waals surface area contributed by atoms with Crippen molar-refractivity contribution in [2.24, 2.45) is 0 Å². The SMILES string of the molecule is C=C1C=C(C(=O)c2ccccc2)C=C[CH-]1. The van der Waals surface area contributed by atoms with E-state index in [2.05, 4.69) is 6.58 Å². The van der Waals surface area contributed by atoms with Gasteiger partial charge in [-0.1, -0.05) is 35.9 Å². The summed E-state index contributed by atoms with van der Waals surface area (Å²) in [5.74, 6) is 0.0427. The Morgan fingerprint density at radius 1 is 1.20 bits per heavy atom. The molecule has 0 saturated carbocycles. The minimum absolute atomic E-state index is 0.0427. The molecule has 0 fully saturated rings. The first-order valence-electron chi connectivity index (χ1n) is 4.79. The zero-order valence-electron chi connectivity index (χ0n) is 8.31. The number of Topliss-reactive ketones (excluding diaryl/α,β-unsaturated/α-hetero) is 1. The number of hydrogen-bond acceptors (Lipinski definition) is 1. The van der Waals surface area contributed by atoms with Gasteiger partial charge >= 0.3 is 0 Å². The summed E-state index contributed by atoms with van der Waals surface area (Å²) in [5, 5.41) is 0. The van der Waals surface area contributed by atoms with Gasteiger partial charge in [-0.15, -0.1) is 24.6 Å². The van der Waals surface area contributed by atoms with Crippen molar-refractivity contribution < 1.29 is 4.79 Å². The van der Waals surface area contributed by atoms with Gasteiger partial charge in [0.15, 0.2) is 5.78 Å². The molecule has 0 N–H and O–H groups in total. The summed E-state index contributed by atoms with van der Waals surface area (Å²) in [5.41, 5.74) is 2.26. The molecule has 0 atom stereocenters. The molecule has 0 aromatic heterocycles. The Morgan fingerprint density at radius 2 is 1.93 bits per heavy atom. The lowest BCUT2D eigenvalue weighted by Crippen LogP contribution is -2.03. The van der Waals surface area contributed by atoms with Gasteiger partial charge in [-0.25, -0.2) is 0 Å². The number of carbonyl (C=O) groups excluding carboxylic acids is 1. The summed E-state index contributed by atoms with van der Waals surface area (Å²) in [4.78, 5) is 12.0. The third-order valence-electron chi connectivity index (χ3n) is 2.23. The predicted octanol–water partition coefficient (Wildman–Crippen LogP) is 3.13. The largest absolute Gasteiger partial charge is 0.290 e. The lowest BCUT2D eigenvalue weighted by molar-refractivity contribution is 0.103. The van der Waals surface area contributed by atoms with E-state index in [1.165, 1.54) is 0 Å². The first-order valence-corrected chi connectivity index (χ1v) is 4.79. The van der Waals surface area contributed by atoms with Gasteiger partial charge in [-0.05, 0) is 0 Å². The van der Waals surface area contributed by atoms with Gasteiger partial charge in [0.05, 0.1) is 0 Å². The fraction of sp³-hybridized carbons (Fsp3) is 0. The summed E-state index contributed by atoms with van der Waals surface area (Å²) in [6, 6.07) is 9.26. The fourth-order valence-corrected chi connectivity index (χ4v) is 1.47. The lowest BCUT2D eigenvalue weighted by atomic mass is 9.96. The monoisotopic (exact) mass is 195 g/mol. The van der Waals surface area contributed by atoms with E-state index in [1.807, 2.05) is 48.9 Å². The smallest absolute Gasteiger partial charge is 0.174 e. The topological polar surface area (TPSA) is 17.1 Å². The highest BCUT2D eigenvalue weighted by atomic mass is 16.1. The summed E-state index contributed by atoms with van der Waals surface area (Å²) >= 11 is 0. The summed E-state index contributed by atoms with van der Waals surface area (Å²) in [6.07, 6.45) is 7.33. The van der Waals surface area contributed by atoms with Crippen molar-refractivity contribution in [3.8, 4) is 0 Å². The second-order valence-electron chi connectivity index (χ2n) is 3.40. The molecule has 1 aromatic carbocycles. The molecule has 2 rings (SSSR count). The zero-order valence-corrected chi connectivity index (χ0v) is 8.31. The van der Waals surface area contributed by atoms with Crippen molar-refractivity contribution in [3.05, 3.63) is 78.3 Å². The maximum Gasteiger partial charge on any atom is 0.174 e. The van der Waals surface area contributed by atoms with Gasteiger partial charge < -0.3 is 0 Å². The van der Waals surface area contributed by atoms with Crippen LogP contribution >= 0.6 is 0 Å². The zero-order chi connectivity index (χ0) is 10.7. The molecule has 0 heterocycles. The summed E-state index contributed by atoms with van der Waals surface area (Å²) in [7, 11) is 0. The van der Waals surface area contributed by atoms with Gasteiger partial charge in [0.1, 0.15) is 0 Å². The molecule has 0 spiro atoms. The minimum Gasteiger partial charge on any atom is -0.290 e. The third-order valence-corrected chi connectivity index (χ3v) is 2.23. The van der Waals surface area contributed by atoms with Crippen molar-refractivity contribution in [1.82, 2.24) is 0 Å². The number of benzene rings is 1. The first-order chi connectivity index (χ1) is 7.27. The van der Waals surface area contributed by atoms with Crippen LogP contribution in [0, 0.1) is 6.42 Å². The number of carbonyl (C=O) groups is 1. The van der Waals surface area contributed by atoms with Crippen LogP contribution < -0.4 is 0 Å². The molecule has 1 aliphatic carbocycles. The predicted molar refractivity (Wildman–Crippen MR) is 61.4 cm³/mol. The van der Waals surface area contributed by atoms with E-state index in [4.69, 9.17) is 0 Å². The Balaban J connectivity index is 2.30. The van der Waals surface area contributed by atoms with Crippen LogP contribution in [-0.2, 0) is 0 Å². The highest BCUT2D eigenvalue weighted by Gasteiger charge is 2.06. The van der Waals surface area contributed by atoms with E-state index in [0.29, 0.717) is 11.1 Å². The van der Waals surface area contributed by atoms with E-state index in [0.717, 1.165) is 5.57 Å². The van der Waals surface area contributed by atoms with Crippen LogP contribution in [0.15, 0.2) is 66.3 Å². The molecule has 0 saturated heterocycles. The van der Waals surface area contributed by atoms with E-state index >= 15 is 0 Å².